The third kappa shape index (κ3) is 5.04. The van der Waals surface area contributed by atoms with Crippen LogP contribution in [0.5, 0.6) is 0 Å². The van der Waals surface area contributed by atoms with Crippen LogP contribution in [-0.4, -0.2) is 0 Å². The summed E-state index contributed by atoms with van der Waals surface area (Å²) < 4.78 is 13.2. The molecule has 0 radical (unpaired) electrons. The molecule has 0 unspecified atom stereocenters. The summed E-state index contributed by atoms with van der Waals surface area (Å²) in [5, 5.41) is 8.11. The second-order valence-electron chi connectivity index (χ2n) is 13.6. The van der Waals surface area contributed by atoms with E-state index in [1.165, 1.54) is 27.3 Å². The van der Waals surface area contributed by atoms with Gasteiger partial charge >= 0.3 is 0 Å². The summed E-state index contributed by atoms with van der Waals surface area (Å²) in [4.78, 5) is 2.35. The molecule has 10 aromatic rings. The van der Waals surface area contributed by atoms with Crippen LogP contribution in [0.1, 0.15) is 18.2 Å². The van der Waals surface area contributed by atoms with Gasteiger partial charge in [0.15, 0.2) is 5.76 Å². The van der Waals surface area contributed by atoms with E-state index in [4.69, 9.17) is 8.83 Å². The van der Waals surface area contributed by atoms with E-state index in [-0.39, 0.29) is 0 Å². The molecular formula is C50H35NO2. The van der Waals surface area contributed by atoms with Crippen molar-refractivity contribution in [1.82, 2.24) is 0 Å². The quantitative estimate of drug-likeness (QED) is 0.175. The molecule has 252 valence electrons. The highest BCUT2D eigenvalue weighted by atomic mass is 16.3. The minimum Gasteiger partial charge on any atom is -0.455 e. The van der Waals surface area contributed by atoms with Crippen LogP contribution in [0, 0.1) is 6.92 Å². The summed E-state index contributed by atoms with van der Waals surface area (Å²) >= 11 is 0. The molecule has 2 aromatic heterocycles. The van der Waals surface area contributed by atoms with Gasteiger partial charge in [-0.05, 0) is 89.2 Å². The van der Waals surface area contributed by atoms with Crippen LogP contribution in [0.4, 0.5) is 11.4 Å². The minimum absolute atomic E-state index is 0.852. The van der Waals surface area contributed by atoms with Crippen molar-refractivity contribution in [1.29, 1.82) is 0 Å². The molecule has 3 heteroatoms. The predicted octanol–water partition coefficient (Wildman–Crippen LogP) is 14.5. The number of hydrogen-bond acceptors (Lipinski definition) is 3. The van der Waals surface area contributed by atoms with Crippen LogP contribution in [0.15, 0.2) is 185 Å². The molecule has 0 saturated heterocycles. The average molecular weight is 682 g/mol. The Morgan fingerprint density at radius 2 is 1.13 bits per heavy atom. The van der Waals surface area contributed by atoms with Gasteiger partial charge in [-0.2, -0.15) is 0 Å². The highest BCUT2D eigenvalue weighted by molar-refractivity contribution is 6.16. The van der Waals surface area contributed by atoms with Crippen molar-refractivity contribution < 1.29 is 8.83 Å². The lowest BCUT2D eigenvalue weighted by Crippen LogP contribution is -2.16. The third-order valence-electron chi connectivity index (χ3n) is 10.6. The Hall–Kier alpha value is -6.84. The van der Waals surface area contributed by atoms with Crippen LogP contribution in [0.25, 0.3) is 82.4 Å². The van der Waals surface area contributed by atoms with Gasteiger partial charge in [-0.1, -0.05) is 133 Å². The van der Waals surface area contributed by atoms with Crippen LogP contribution in [-0.2, 0) is 0 Å². The Bertz CT molecular complexity index is 3030. The number of aryl methyl sites for hydroxylation is 1. The Morgan fingerprint density at radius 3 is 1.94 bits per heavy atom. The van der Waals surface area contributed by atoms with Gasteiger partial charge in [-0.3, -0.25) is 0 Å². The normalized spacial score (nSPS) is 12.1. The number of nitrogens with zero attached hydrogens (tertiary/aromatic N) is 1. The molecule has 0 spiro atoms. The van der Waals surface area contributed by atoms with Gasteiger partial charge in [-0.25, -0.2) is 0 Å². The summed E-state index contributed by atoms with van der Waals surface area (Å²) in [7, 11) is 0. The zero-order valence-electron chi connectivity index (χ0n) is 29.5. The minimum atomic E-state index is 0.852. The Balaban J connectivity index is 1.16. The largest absolute Gasteiger partial charge is 0.455 e. The van der Waals surface area contributed by atoms with E-state index >= 15 is 0 Å². The van der Waals surface area contributed by atoms with Gasteiger partial charge in [0.05, 0.1) is 11.4 Å². The number of allylic oxidation sites excluding steroid dienone is 1. The van der Waals surface area contributed by atoms with Crippen molar-refractivity contribution in [3.05, 3.63) is 187 Å². The van der Waals surface area contributed by atoms with E-state index in [2.05, 4.69) is 183 Å². The molecule has 3 nitrogen and oxygen atoms in total. The maximum Gasteiger partial charge on any atom is 0.154 e. The first-order valence-corrected chi connectivity index (χ1v) is 18.1. The second-order valence-corrected chi connectivity index (χ2v) is 13.6. The van der Waals surface area contributed by atoms with Gasteiger partial charge < -0.3 is 13.7 Å². The lowest BCUT2D eigenvalue weighted by molar-refractivity contribution is 0.594. The van der Waals surface area contributed by atoms with E-state index in [0.29, 0.717) is 0 Å². The van der Waals surface area contributed by atoms with Crippen LogP contribution >= 0.6 is 0 Å². The predicted molar refractivity (Wildman–Crippen MR) is 223 cm³/mol. The summed E-state index contributed by atoms with van der Waals surface area (Å²) in [6, 6.07) is 60.3. The van der Waals surface area contributed by atoms with Gasteiger partial charge in [0, 0.05) is 38.4 Å². The number of anilines is 2. The first-order chi connectivity index (χ1) is 26.2. The molecule has 0 N–H and O–H groups in total. The topological polar surface area (TPSA) is 29.5 Å². The zero-order valence-corrected chi connectivity index (χ0v) is 29.5. The fraction of sp³-hybridized carbons (Fsp3) is 0.0400. The molecule has 8 aromatic carbocycles. The lowest BCUT2D eigenvalue weighted by Gasteiger charge is -2.29. The molecule has 0 atom stereocenters. The number of furan rings is 2. The van der Waals surface area contributed by atoms with Gasteiger partial charge in [0.25, 0.3) is 0 Å². The second kappa shape index (κ2) is 12.4. The highest BCUT2D eigenvalue weighted by Gasteiger charge is 2.25. The molecule has 0 amide bonds. The molecule has 10 rings (SSSR count). The fourth-order valence-electron chi connectivity index (χ4n) is 8.04. The maximum absolute atomic E-state index is 6.67. The van der Waals surface area contributed by atoms with Gasteiger partial charge in [0.1, 0.15) is 16.7 Å². The smallest absolute Gasteiger partial charge is 0.154 e. The van der Waals surface area contributed by atoms with Gasteiger partial charge in [0.2, 0.25) is 0 Å². The molecule has 53 heavy (non-hydrogen) atoms. The van der Waals surface area contributed by atoms with Crippen molar-refractivity contribution in [2.45, 2.75) is 13.8 Å². The number of hydrogen-bond donors (Lipinski definition) is 0. The van der Waals surface area contributed by atoms with E-state index in [1.54, 1.807) is 0 Å². The summed E-state index contributed by atoms with van der Waals surface area (Å²) in [5.41, 5.74) is 11.5. The van der Waals surface area contributed by atoms with E-state index in [0.717, 1.165) is 77.8 Å². The monoisotopic (exact) mass is 681 g/mol. The zero-order chi connectivity index (χ0) is 35.5. The molecule has 0 saturated carbocycles. The fourth-order valence-corrected chi connectivity index (χ4v) is 8.04. The molecule has 0 aliphatic heterocycles. The van der Waals surface area contributed by atoms with E-state index in [9.17, 15) is 0 Å². The third-order valence-corrected chi connectivity index (χ3v) is 10.6. The molecule has 0 aliphatic rings. The SMILES string of the molecule is C/C=C(\c1oc2ccccc2c1C)N(c1ccc(-c2cccc3ccccc23)cc1)c1ccccc1-c1ccc2oc3c4ccccc4ccc3c2c1. The van der Waals surface area contributed by atoms with Crippen molar-refractivity contribution in [2.24, 2.45) is 0 Å². The molecule has 0 fully saturated rings. The number of fused-ring (bicyclic) bond motifs is 7. The van der Waals surface area contributed by atoms with Crippen LogP contribution in [0.2, 0.25) is 0 Å². The van der Waals surface area contributed by atoms with Crippen molar-refractivity contribution in [3.63, 3.8) is 0 Å². The first kappa shape index (κ1) is 30.9. The van der Waals surface area contributed by atoms with Crippen LogP contribution in [0.3, 0.4) is 0 Å². The highest BCUT2D eigenvalue weighted by Crippen LogP contribution is 2.45. The lowest BCUT2D eigenvalue weighted by atomic mass is 9.97. The number of para-hydroxylation sites is 2. The van der Waals surface area contributed by atoms with Crippen molar-refractivity contribution in [2.75, 3.05) is 4.90 Å². The maximum atomic E-state index is 6.67. The Kier molecular flexibility index (Phi) is 7.26. The number of benzene rings is 8. The molecular weight excluding hydrogens is 647 g/mol. The standard InChI is InChI=1S/C50H35NO2/c1-3-45(49-32(2)38-16-9-11-22-47(38)52-49)51(37-27-23-35(24-28-37)40-20-12-15-33-13-4-6-17-39(33)40)46-21-10-8-18-41(46)36-26-30-48-44(31-36)43-29-25-34-14-5-7-19-42(34)50(43)53-48/h3-31H,1-2H3/b45-3+. The van der Waals surface area contributed by atoms with E-state index in [1.807, 2.05) is 12.1 Å². The summed E-state index contributed by atoms with van der Waals surface area (Å²) in [5.74, 6) is 0.852. The first-order valence-electron chi connectivity index (χ1n) is 18.1. The summed E-state index contributed by atoms with van der Waals surface area (Å²) in [6.07, 6.45) is 2.16. The average Bonchev–Trinajstić information content (AvgIpc) is 3.77. The van der Waals surface area contributed by atoms with Crippen molar-refractivity contribution >= 4 is 71.5 Å². The van der Waals surface area contributed by atoms with E-state index < -0.39 is 0 Å². The number of rotatable bonds is 6. The summed E-state index contributed by atoms with van der Waals surface area (Å²) in [6.45, 7) is 4.25. The molecule has 0 aliphatic carbocycles. The Morgan fingerprint density at radius 1 is 0.491 bits per heavy atom. The van der Waals surface area contributed by atoms with Crippen LogP contribution < -0.4 is 4.90 Å². The van der Waals surface area contributed by atoms with Gasteiger partial charge in [-0.15, -0.1) is 0 Å². The molecule has 0 bridgehead atoms. The Labute approximate surface area is 307 Å². The van der Waals surface area contributed by atoms with Crippen molar-refractivity contribution in [3.8, 4) is 22.3 Å². The molecule has 2 heterocycles.